The predicted molar refractivity (Wildman–Crippen MR) is 90.9 cm³/mol. The number of carbonyl (C=O) groups excluding carboxylic acids is 1. The third-order valence-electron chi connectivity index (χ3n) is 3.01. The molecule has 0 radical (unpaired) electrons. The molecule has 0 aliphatic carbocycles. The van der Waals surface area contributed by atoms with Gasteiger partial charge >= 0.3 is 5.97 Å². The molecular formula is C17H13BrClFO3. The molecule has 0 spiro atoms. The molecule has 0 amide bonds. The lowest BCUT2D eigenvalue weighted by Crippen LogP contribution is -2.03. The van der Waals surface area contributed by atoms with E-state index in [2.05, 4.69) is 15.9 Å². The lowest BCUT2D eigenvalue weighted by atomic mass is 10.2. The smallest absolute Gasteiger partial charge is 0.331 e. The van der Waals surface area contributed by atoms with E-state index in [0.717, 1.165) is 4.47 Å². The van der Waals surface area contributed by atoms with Crippen LogP contribution >= 0.6 is 27.5 Å². The van der Waals surface area contributed by atoms with Crippen LogP contribution in [0.1, 0.15) is 11.1 Å². The summed E-state index contributed by atoms with van der Waals surface area (Å²) in [7, 11) is 1.54. The summed E-state index contributed by atoms with van der Waals surface area (Å²) in [6.07, 6.45) is 2.81. The minimum Gasteiger partial charge on any atom is -0.496 e. The fourth-order valence-electron chi connectivity index (χ4n) is 1.85. The van der Waals surface area contributed by atoms with Crippen molar-refractivity contribution in [3.63, 3.8) is 0 Å². The molecule has 0 saturated heterocycles. The van der Waals surface area contributed by atoms with Gasteiger partial charge in [-0.2, -0.15) is 0 Å². The summed E-state index contributed by atoms with van der Waals surface area (Å²) in [5.41, 5.74) is 0.860. The van der Waals surface area contributed by atoms with Gasteiger partial charge in [0.15, 0.2) is 0 Å². The maximum atomic E-state index is 13.6. The van der Waals surface area contributed by atoms with E-state index < -0.39 is 11.8 Å². The van der Waals surface area contributed by atoms with Crippen LogP contribution in [-0.4, -0.2) is 13.1 Å². The first kappa shape index (κ1) is 17.5. The van der Waals surface area contributed by atoms with Gasteiger partial charge in [-0.1, -0.05) is 33.6 Å². The third kappa shape index (κ3) is 4.81. The zero-order valence-electron chi connectivity index (χ0n) is 12.2. The van der Waals surface area contributed by atoms with Crippen LogP contribution in [0.5, 0.6) is 5.75 Å². The Bertz CT molecular complexity index is 726. The quantitative estimate of drug-likeness (QED) is 0.524. The summed E-state index contributed by atoms with van der Waals surface area (Å²) in [6.45, 7) is -0.232. The van der Waals surface area contributed by atoms with Gasteiger partial charge in [0, 0.05) is 21.7 Å². The minimum atomic E-state index is -0.605. The molecule has 0 fully saturated rings. The molecule has 0 aliphatic rings. The fraction of sp³-hybridized carbons (Fsp3) is 0.118. The topological polar surface area (TPSA) is 35.5 Å². The van der Waals surface area contributed by atoms with E-state index in [-0.39, 0.29) is 17.2 Å². The Hall–Kier alpha value is -1.85. The molecule has 2 rings (SSSR count). The Labute approximate surface area is 146 Å². The van der Waals surface area contributed by atoms with E-state index in [1.165, 1.54) is 24.3 Å². The maximum Gasteiger partial charge on any atom is 0.331 e. The second kappa shape index (κ2) is 8.13. The molecule has 0 atom stereocenters. The summed E-state index contributed by atoms with van der Waals surface area (Å²) in [5, 5.41) is 0.218. The first-order valence-corrected chi connectivity index (χ1v) is 7.79. The van der Waals surface area contributed by atoms with Gasteiger partial charge in [-0.25, -0.2) is 9.18 Å². The molecule has 0 bridgehead atoms. The van der Waals surface area contributed by atoms with Crippen molar-refractivity contribution >= 4 is 39.6 Å². The van der Waals surface area contributed by atoms with Gasteiger partial charge in [0.05, 0.1) is 12.1 Å². The van der Waals surface area contributed by atoms with E-state index in [1.54, 1.807) is 25.3 Å². The van der Waals surface area contributed by atoms with Crippen LogP contribution in [0, 0.1) is 5.82 Å². The SMILES string of the molecule is COc1ccc(Br)cc1/C=C/C(=O)OCc1c(F)cccc1Cl. The molecule has 0 N–H and O–H groups in total. The Morgan fingerprint density at radius 1 is 1.35 bits per heavy atom. The van der Waals surface area contributed by atoms with Gasteiger partial charge in [-0.05, 0) is 36.4 Å². The van der Waals surface area contributed by atoms with Crippen LogP contribution in [0.15, 0.2) is 46.9 Å². The van der Waals surface area contributed by atoms with Crippen molar-refractivity contribution in [2.45, 2.75) is 6.61 Å². The van der Waals surface area contributed by atoms with Crippen LogP contribution in [0.25, 0.3) is 6.08 Å². The van der Waals surface area contributed by atoms with E-state index in [0.29, 0.717) is 11.3 Å². The highest BCUT2D eigenvalue weighted by atomic mass is 79.9. The van der Waals surface area contributed by atoms with E-state index >= 15 is 0 Å². The summed E-state index contributed by atoms with van der Waals surface area (Å²) >= 11 is 9.22. The second-order valence-corrected chi connectivity index (χ2v) is 5.85. The van der Waals surface area contributed by atoms with Gasteiger partial charge in [0.25, 0.3) is 0 Å². The Morgan fingerprint density at radius 3 is 2.83 bits per heavy atom. The Morgan fingerprint density at radius 2 is 2.13 bits per heavy atom. The molecule has 120 valence electrons. The summed E-state index contributed by atoms with van der Waals surface area (Å²) < 4.78 is 24.6. The number of esters is 1. The van der Waals surface area contributed by atoms with Crippen LogP contribution < -0.4 is 4.74 Å². The highest BCUT2D eigenvalue weighted by Crippen LogP contribution is 2.24. The number of ether oxygens (including phenoxy) is 2. The van der Waals surface area contributed by atoms with Crippen molar-refractivity contribution in [2.75, 3.05) is 7.11 Å². The van der Waals surface area contributed by atoms with Crippen LogP contribution in [0.3, 0.4) is 0 Å². The van der Waals surface area contributed by atoms with Crippen molar-refractivity contribution < 1.29 is 18.7 Å². The summed E-state index contributed by atoms with van der Waals surface area (Å²) in [4.78, 5) is 11.8. The zero-order chi connectivity index (χ0) is 16.8. The first-order valence-electron chi connectivity index (χ1n) is 6.62. The molecule has 0 heterocycles. The number of methoxy groups -OCH3 is 1. The van der Waals surface area contributed by atoms with Crippen molar-refractivity contribution in [2.24, 2.45) is 0 Å². The number of hydrogen-bond acceptors (Lipinski definition) is 3. The molecule has 0 aromatic heterocycles. The number of rotatable bonds is 5. The molecule has 2 aromatic rings. The first-order chi connectivity index (χ1) is 11.0. The molecule has 0 saturated carbocycles. The minimum absolute atomic E-state index is 0.149. The van der Waals surface area contributed by atoms with E-state index in [1.807, 2.05) is 6.07 Å². The third-order valence-corrected chi connectivity index (χ3v) is 3.86. The van der Waals surface area contributed by atoms with E-state index in [4.69, 9.17) is 21.1 Å². The average molecular weight is 400 g/mol. The normalized spacial score (nSPS) is 10.8. The summed E-state index contributed by atoms with van der Waals surface area (Å²) in [5.74, 6) is -0.497. The number of benzene rings is 2. The standard InChI is InChI=1S/C17H13BrClFO3/c1-22-16-7-6-12(18)9-11(16)5-8-17(21)23-10-13-14(19)3-2-4-15(13)20/h2-9H,10H2,1H3/b8-5+. The molecule has 2 aromatic carbocycles. The van der Waals surface area contributed by atoms with Gasteiger partial charge in [0.1, 0.15) is 18.2 Å². The maximum absolute atomic E-state index is 13.6. The second-order valence-electron chi connectivity index (χ2n) is 4.53. The van der Waals surface area contributed by atoms with Crippen molar-refractivity contribution in [3.05, 3.63) is 68.9 Å². The average Bonchev–Trinajstić information content (AvgIpc) is 2.52. The fourth-order valence-corrected chi connectivity index (χ4v) is 2.45. The van der Waals surface area contributed by atoms with Crippen LogP contribution in [0.4, 0.5) is 4.39 Å². The lowest BCUT2D eigenvalue weighted by molar-refractivity contribution is -0.138. The number of hydrogen-bond donors (Lipinski definition) is 0. The molecule has 6 heteroatoms. The molecule has 0 unspecified atom stereocenters. The van der Waals surface area contributed by atoms with Gasteiger partial charge in [0.2, 0.25) is 0 Å². The largest absolute Gasteiger partial charge is 0.496 e. The zero-order valence-corrected chi connectivity index (χ0v) is 14.5. The molecule has 23 heavy (non-hydrogen) atoms. The number of halogens is 3. The monoisotopic (exact) mass is 398 g/mol. The van der Waals surface area contributed by atoms with Crippen molar-refractivity contribution in [3.8, 4) is 5.75 Å². The van der Waals surface area contributed by atoms with Crippen LogP contribution in [-0.2, 0) is 16.1 Å². The van der Waals surface area contributed by atoms with E-state index in [9.17, 15) is 9.18 Å². The highest BCUT2D eigenvalue weighted by Gasteiger charge is 2.09. The van der Waals surface area contributed by atoms with Crippen molar-refractivity contribution in [1.29, 1.82) is 0 Å². The predicted octanol–water partition coefficient (Wildman–Crippen LogP) is 5.01. The van der Waals surface area contributed by atoms with Gasteiger partial charge in [-0.15, -0.1) is 0 Å². The lowest BCUT2D eigenvalue weighted by Gasteiger charge is -2.06. The number of carbonyl (C=O) groups is 1. The van der Waals surface area contributed by atoms with Gasteiger partial charge < -0.3 is 9.47 Å². The van der Waals surface area contributed by atoms with Gasteiger partial charge in [-0.3, -0.25) is 0 Å². The summed E-state index contributed by atoms with van der Waals surface area (Å²) in [6, 6.07) is 9.69. The molecular weight excluding hydrogens is 387 g/mol. The Kier molecular flexibility index (Phi) is 6.19. The van der Waals surface area contributed by atoms with Crippen LogP contribution in [0.2, 0.25) is 5.02 Å². The molecule has 0 aliphatic heterocycles. The highest BCUT2D eigenvalue weighted by molar-refractivity contribution is 9.10. The van der Waals surface area contributed by atoms with Crippen molar-refractivity contribution in [1.82, 2.24) is 0 Å². The molecule has 3 nitrogen and oxygen atoms in total. The Balaban J connectivity index is 2.04.